The number of sulfonamides is 1. The fourth-order valence-corrected chi connectivity index (χ4v) is 3.72. The van der Waals surface area contributed by atoms with Crippen LogP contribution >= 0.6 is 11.3 Å². The zero-order valence-electron chi connectivity index (χ0n) is 12.0. The molecule has 1 heterocycles. The van der Waals surface area contributed by atoms with Crippen LogP contribution in [0.3, 0.4) is 0 Å². The highest BCUT2D eigenvalue weighted by Crippen LogP contribution is 2.24. The minimum atomic E-state index is -3.45. The molecule has 0 saturated heterocycles. The van der Waals surface area contributed by atoms with Crippen LogP contribution in [0.5, 0.6) is 0 Å². The van der Waals surface area contributed by atoms with Crippen LogP contribution in [0.2, 0.25) is 0 Å². The Bertz CT molecular complexity index is 784. The minimum absolute atomic E-state index is 0.174. The Morgan fingerprint density at radius 1 is 1.38 bits per heavy atom. The molecule has 0 atom stereocenters. The third kappa shape index (κ3) is 3.60. The number of hydrogen-bond donors (Lipinski definition) is 0. The number of rotatable bonds is 4. The number of hydrogen-bond acceptors (Lipinski definition) is 5. The fourth-order valence-electron chi connectivity index (χ4n) is 1.86. The van der Waals surface area contributed by atoms with Crippen molar-refractivity contribution in [2.45, 2.75) is 20.4 Å². The molecule has 5 nitrogen and oxygen atoms in total. The van der Waals surface area contributed by atoms with Crippen molar-refractivity contribution < 1.29 is 8.42 Å². The summed E-state index contributed by atoms with van der Waals surface area (Å²) in [4.78, 5) is 5.45. The van der Waals surface area contributed by atoms with Gasteiger partial charge in [-0.3, -0.25) is 4.31 Å². The molecular formula is C14H15N3O2S2. The number of aromatic nitrogens is 1. The number of benzene rings is 1. The second-order valence-corrected chi connectivity index (χ2v) is 7.88. The van der Waals surface area contributed by atoms with Crippen LogP contribution in [0.15, 0.2) is 24.3 Å². The normalized spacial score (nSPS) is 11.1. The molecule has 0 aliphatic rings. The molecule has 110 valence electrons. The van der Waals surface area contributed by atoms with Crippen molar-refractivity contribution in [2.24, 2.45) is 0 Å². The number of anilines is 1. The highest BCUT2D eigenvalue weighted by atomic mass is 32.2. The second-order valence-electron chi connectivity index (χ2n) is 4.68. The van der Waals surface area contributed by atoms with E-state index in [0.717, 1.165) is 21.8 Å². The number of nitriles is 1. The van der Waals surface area contributed by atoms with Crippen LogP contribution < -0.4 is 4.31 Å². The summed E-state index contributed by atoms with van der Waals surface area (Å²) in [6.07, 6.45) is 1.15. The van der Waals surface area contributed by atoms with Crippen LogP contribution in [0.4, 0.5) is 5.69 Å². The van der Waals surface area contributed by atoms with Gasteiger partial charge in [0.15, 0.2) is 0 Å². The van der Waals surface area contributed by atoms with E-state index in [0.29, 0.717) is 11.3 Å². The minimum Gasteiger partial charge on any atom is -0.264 e. The first-order valence-corrected chi connectivity index (χ1v) is 8.88. The van der Waals surface area contributed by atoms with Gasteiger partial charge >= 0.3 is 0 Å². The molecule has 0 amide bonds. The number of nitrogens with zero attached hydrogens (tertiary/aromatic N) is 3. The molecule has 2 aromatic rings. The Labute approximate surface area is 128 Å². The highest BCUT2D eigenvalue weighted by Gasteiger charge is 2.20. The third-order valence-corrected chi connectivity index (χ3v) is 5.21. The summed E-state index contributed by atoms with van der Waals surface area (Å²) in [6, 6.07) is 8.57. The lowest BCUT2D eigenvalue weighted by Gasteiger charge is -2.21. The van der Waals surface area contributed by atoms with Gasteiger partial charge in [0, 0.05) is 4.88 Å². The molecule has 0 N–H and O–H groups in total. The molecule has 1 aromatic carbocycles. The molecule has 0 fully saturated rings. The Kier molecular flexibility index (Phi) is 4.30. The molecule has 2 rings (SSSR count). The van der Waals surface area contributed by atoms with Crippen LogP contribution in [0, 0.1) is 25.2 Å². The van der Waals surface area contributed by atoms with E-state index < -0.39 is 10.0 Å². The van der Waals surface area contributed by atoms with Crippen LogP contribution in [-0.2, 0) is 16.6 Å². The topological polar surface area (TPSA) is 74.1 Å². The SMILES string of the molecule is Cc1nc(CN(c2cccc(C#N)c2)S(C)(=O)=O)sc1C. The van der Waals surface area contributed by atoms with E-state index in [1.165, 1.54) is 15.6 Å². The van der Waals surface area contributed by atoms with E-state index >= 15 is 0 Å². The maximum absolute atomic E-state index is 12.0. The zero-order valence-corrected chi connectivity index (χ0v) is 13.6. The predicted octanol–water partition coefficient (Wildman–Crippen LogP) is 2.60. The standard InChI is InChI=1S/C14H15N3O2S2/c1-10-11(2)20-14(16-10)9-17(21(3,18)19)13-6-4-5-12(7-13)8-15/h4-7H,9H2,1-3H3. The molecule has 0 bridgehead atoms. The molecular weight excluding hydrogens is 306 g/mol. The van der Waals surface area contributed by atoms with E-state index in [-0.39, 0.29) is 6.54 Å². The average Bonchev–Trinajstić information content (AvgIpc) is 2.74. The van der Waals surface area contributed by atoms with Crippen molar-refractivity contribution in [2.75, 3.05) is 10.6 Å². The summed E-state index contributed by atoms with van der Waals surface area (Å²) in [7, 11) is -3.45. The molecule has 7 heteroatoms. The Morgan fingerprint density at radius 3 is 2.62 bits per heavy atom. The van der Waals surface area contributed by atoms with Gasteiger partial charge < -0.3 is 0 Å². The average molecular weight is 321 g/mol. The van der Waals surface area contributed by atoms with Gasteiger partial charge in [-0.05, 0) is 32.0 Å². The molecule has 0 aliphatic heterocycles. The first-order chi connectivity index (χ1) is 9.81. The molecule has 21 heavy (non-hydrogen) atoms. The fraction of sp³-hybridized carbons (Fsp3) is 0.286. The van der Waals surface area contributed by atoms with Gasteiger partial charge in [-0.25, -0.2) is 13.4 Å². The molecule has 0 spiro atoms. The first kappa shape index (κ1) is 15.5. The Morgan fingerprint density at radius 2 is 2.10 bits per heavy atom. The Balaban J connectivity index is 2.42. The quantitative estimate of drug-likeness (QED) is 0.867. The van der Waals surface area contributed by atoms with Gasteiger partial charge in [-0.2, -0.15) is 5.26 Å². The summed E-state index contributed by atoms with van der Waals surface area (Å²) in [5.74, 6) is 0. The van der Waals surface area contributed by atoms with Gasteiger partial charge in [-0.15, -0.1) is 11.3 Å². The van der Waals surface area contributed by atoms with E-state index in [1.807, 2.05) is 19.9 Å². The zero-order chi connectivity index (χ0) is 15.6. The van der Waals surface area contributed by atoms with Crippen molar-refractivity contribution in [1.82, 2.24) is 4.98 Å². The van der Waals surface area contributed by atoms with Gasteiger partial charge in [0.05, 0.1) is 35.8 Å². The summed E-state index contributed by atoms with van der Waals surface area (Å²) < 4.78 is 25.4. The second kappa shape index (κ2) is 5.84. The van der Waals surface area contributed by atoms with Crippen molar-refractivity contribution in [3.8, 4) is 6.07 Å². The highest BCUT2D eigenvalue weighted by molar-refractivity contribution is 7.92. The summed E-state index contributed by atoms with van der Waals surface area (Å²) in [5, 5.41) is 9.68. The van der Waals surface area contributed by atoms with Gasteiger partial charge in [-0.1, -0.05) is 6.07 Å². The molecule has 0 radical (unpaired) electrons. The van der Waals surface area contributed by atoms with E-state index in [2.05, 4.69) is 4.98 Å². The summed E-state index contributed by atoms with van der Waals surface area (Å²) in [5.41, 5.74) is 1.81. The maximum atomic E-state index is 12.0. The molecule has 0 unspecified atom stereocenters. The van der Waals surface area contributed by atoms with Gasteiger partial charge in [0.2, 0.25) is 10.0 Å². The Hall–Kier alpha value is -1.91. The number of thiazole rings is 1. The van der Waals surface area contributed by atoms with E-state index in [9.17, 15) is 8.42 Å². The van der Waals surface area contributed by atoms with Crippen molar-refractivity contribution in [3.05, 3.63) is 45.4 Å². The largest absolute Gasteiger partial charge is 0.264 e. The summed E-state index contributed by atoms with van der Waals surface area (Å²) in [6.45, 7) is 4.03. The lowest BCUT2D eigenvalue weighted by molar-refractivity contribution is 0.596. The van der Waals surface area contributed by atoms with Gasteiger partial charge in [0.25, 0.3) is 0 Å². The number of aryl methyl sites for hydroxylation is 2. The van der Waals surface area contributed by atoms with Crippen LogP contribution in [0.25, 0.3) is 0 Å². The van der Waals surface area contributed by atoms with E-state index in [1.54, 1.807) is 24.3 Å². The lowest BCUT2D eigenvalue weighted by Crippen LogP contribution is -2.29. The first-order valence-electron chi connectivity index (χ1n) is 6.22. The predicted molar refractivity (Wildman–Crippen MR) is 83.8 cm³/mol. The maximum Gasteiger partial charge on any atom is 0.232 e. The molecule has 0 saturated carbocycles. The van der Waals surface area contributed by atoms with Crippen LogP contribution in [-0.4, -0.2) is 19.7 Å². The van der Waals surface area contributed by atoms with Crippen LogP contribution in [0.1, 0.15) is 21.1 Å². The van der Waals surface area contributed by atoms with Crippen molar-refractivity contribution >= 4 is 27.0 Å². The van der Waals surface area contributed by atoms with Gasteiger partial charge in [0.1, 0.15) is 5.01 Å². The lowest BCUT2D eigenvalue weighted by atomic mass is 10.2. The monoisotopic (exact) mass is 321 g/mol. The van der Waals surface area contributed by atoms with Crippen molar-refractivity contribution in [3.63, 3.8) is 0 Å². The van der Waals surface area contributed by atoms with E-state index in [4.69, 9.17) is 5.26 Å². The summed E-state index contributed by atoms with van der Waals surface area (Å²) >= 11 is 1.48. The third-order valence-electron chi connectivity index (χ3n) is 3.02. The molecule has 0 aliphatic carbocycles. The smallest absolute Gasteiger partial charge is 0.232 e. The molecule has 1 aromatic heterocycles. The van der Waals surface area contributed by atoms with Crippen molar-refractivity contribution in [1.29, 1.82) is 5.26 Å².